The number of fused-ring (bicyclic) bond motifs is 1. The van der Waals surface area contributed by atoms with E-state index in [0.717, 1.165) is 18.4 Å². The molecular formula is C21H30N4O5S. The summed E-state index contributed by atoms with van der Waals surface area (Å²) in [6, 6.07) is -0.0477. The zero-order valence-electron chi connectivity index (χ0n) is 18.9. The number of carbonyl (C=O) groups excluding carboxylic acids is 1. The van der Waals surface area contributed by atoms with Crippen molar-refractivity contribution in [2.75, 3.05) is 13.7 Å². The zero-order chi connectivity index (χ0) is 22.9. The molecule has 10 heteroatoms. The molecule has 9 nitrogen and oxygen atoms in total. The maximum Gasteiger partial charge on any atom is 0.428 e. The molecule has 0 saturated heterocycles. The van der Waals surface area contributed by atoms with E-state index in [0.29, 0.717) is 34.2 Å². The van der Waals surface area contributed by atoms with E-state index in [9.17, 15) is 14.4 Å². The number of nitrogens with one attached hydrogen (secondary N) is 1. The fourth-order valence-corrected chi connectivity index (χ4v) is 4.80. The summed E-state index contributed by atoms with van der Waals surface area (Å²) in [5, 5.41) is 4.48. The van der Waals surface area contributed by atoms with Gasteiger partial charge in [-0.15, -0.1) is 11.3 Å². The molecule has 2 atom stereocenters. The highest BCUT2D eigenvalue weighted by atomic mass is 32.1. The molecule has 1 aliphatic carbocycles. The summed E-state index contributed by atoms with van der Waals surface area (Å²) in [5.41, 5.74) is 1.87. The number of aryl methyl sites for hydroxylation is 1. The Hall–Kier alpha value is -2.46. The summed E-state index contributed by atoms with van der Waals surface area (Å²) in [7, 11) is 1.58. The first kappa shape index (κ1) is 23.2. The Morgan fingerprint density at radius 3 is 2.65 bits per heavy atom. The van der Waals surface area contributed by atoms with Crippen molar-refractivity contribution in [3.05, 3.63) is 31.3 Å². The Balaban J connectivity index is 2.02. The molecule has 1 aliphatic rings. The molecular weight excluding hydrogens is 420 g/mol. The van der Waals surface area contributed by atoms with Crippen LogP contribution in [0.4, 0.5) is 4.79 Å². The van der Waals surface area contributed by atoms with Crippen LogP contribution in [-0.4, -0.2) is 40.8 Å². The second-order valence-electron chi connectivity index (χ2n) is 8.72. The predicted octanol–water partition coefficient (Wildman–Crippen LogP) is 3.01. The van der Waals surface area contributed by atoms with E-state index in [2.05, 4.69) is 17.5 Å². The van der Waals surface area contributed by atoms with Crippen molar-refractivity contribution in [1.82, 2.24) is 14.6 Å². The predicted molar refractivity (Wildman–Crippen MR) is 121 cm³/mol. The second kappa shape index (κ2) is 8.96. The largest absolute Gasteiger partial charge is 0.443 e. The van der Waals surface area contributed by atoms with E-state index in [1.165, 1.54) is 22.1 Å². The Bertz CT molecular complexity index is 1120. The molecule has 1 N–H and O–H groups in total. The Labute approximate surface area is 184 Å². The summed E-state index contributed by atoms with van der Waals surface area (Å²) in [6.45, 7) is 9.89. The molecule has 0 aliphatic heterocycles. The van der Waals surface area contributed by atoms with Gasteiger partial charge in [0.2, 0.25) is 0 Å². The number of thiophene rings is 1. The van der Waals surface area contributed by atoms with Crippen molar-refractivity contribution in [3.8, 4) is 0 Å². The highest BCUT2D eigenvalue weighted by Crippen LogP contribution is 2.44. The Morgan fingerprint density at radius 1 is 1.35 bits per heavy atom. The molecule has 31 heavy (non-hydrogen) atoms. The molecule has 1 amide bonds. The second-order valence-corrected chi connectivity index (χ2v) is 9.75. The SMILES string of the molecule is CCC1CC1n1c(=O)c2c(C)c(/C=N/NC(=O)OC(C)(C)C)sc2n(CCOC)c1=O. The van der Waals surface area contributed by atoms with Crippen LogP contribution < -0.4 is 16.7 Å². The molecule has 1 fully saturated rings. The normalized spacial score (nSPS) is 18.6. The van der Waals surface area contributed by atoms with E-state index in [4.69, 9.17) is 9.47 Å². The minimum Gasteiger partial charge on any atom is -0.443 e. The molecule has 0 spiro atoms. The molecule has 1 saturated carbocycles. The quantitative estimate of drug-likeness (QED) is 0.516. The van der Waals surface area contributed by atoms with Crippen LogP contribution in [0.25, 0.3) is 10.2 Å². The van der Waals surface area contributed by atoms with Gasteiger partial charge in [-0.25, -0.2) is 15.0 Å². The molecule has 0 radical (unpaired) electrons. The first-order valence-electron chi connectivity index (χ1n) is 10.4. The van der Waals surface area contributed by atoms with Gasteiger partial charge >= 0.3 is 11.8 Å². The third-order valence-electron chi connectivity index (χ3n) is 5.28. The number of amides is 1. The molecule has 2 heterocycles. The standard InChI is InChI=1S/C21H30N4O5S/c1-7-13-10-14(13)25-17(26)16-12(2)15(11-22-23-19(27)30-21(3,4)5)31-18(16)24(20(25)28)8-9-29-6/h11,13-14H,7-10H2,1-6H3,(H,23,27)/b22-11+. The lowest BCUT2D eigenvalue weighted by Crippen LogP contribution is -2.40. The van der Waals surface area contributed by atoms with Crippen LogP contribution in [0.5, 0.6) is 0 Å². The first-order chi connectivity index (χ1) is 14.6. The smallest absolute Gasteiger partial charge is 0.428 e. The fraction of sp³-hybridized carbons (Fsp3) is 0.619. The van der Waals surface area contributed by atoms with Gasteiger partial charge < -0.3 is 9.47 Å². The van der Waals surface area contributed by atoms with Gasteiger partial charge in [-0.3, -0.25) is 13.9 Å². The van der Waals surface area contributed by atoms with Gasteiger partial charge in [-0.1, -0.05) is 13.3 Å². The number of aromatic nitrogens is 2. The van der Waals surface area contributed by atoms with Crippen LogP contribution in [-0.2, 0) is 16.0 Å². The van der Waals surface area contributed by atoms with Crippen molar-refractivity contribution in [2.24, 2.45) is 11.0 Å². The van der Waals surface area contributed by atoms with Crippen LogP contribution >= 0.6 is 11.3 Å². The molecule has 2 aromatic heterocycles. The van der Waals surface area contributed by atoms with E-state index in [1.54, 1.807) is 32.4 Å². The van der Waals surface area contributed by atoms with Gasteiger partial charge in [0.1, 0.15) is 10.4 Å². The van der Waals surface area contributed by atoms with Crippen molar-refractivity contribution in [3.63, 3.8) is 0 Å². The lowest BCUT2D eigenvalue weighted by Gasteiger charge is -2.18. The average Bonchev–Trinajstić information content (AvgIpc) is 3.37. The number of hydrogen-bond acceptors (Lipinski definition) is 7. The van der Waals surface area contributed by atoms with Crippen molar-refractivity contribution < 1.29 is 14.3 Å². The number of carbonyl (C=O) groups is 1. The summed E-state index contributed by atoms with van der Waals surface area (Å²) in [4.78, 5) is 39.5. The molecule has 2 unspecified atom stereocenters. The highest BCUT2D eigenvalue weighted by Gasteiger charge is 2.40. The third-order valence-corrected chi connectivity index (χ3v) is 6.53. The van der Waals surface area contributed by atoms with Crippen LogP contribution in [0.2, 0.25) is 0 Å². The maximum absolute atomic E-state index is 13.3. The number of nitrogens with zero attached hydrogens (tertiary/aromatic N) is 3. The minimum atomic E-state index is -0.666. The van der Waals surface area contributed by atoms with Crippen LogP contribution in [0.3, 0.4) is 0 Å². The number of hydrazone groups is 1. The lowest BCUT2D eigenvalue weighted by molar-refractivity contribution is 0.0529. The molecule has 0 aromatic carbocycles. The zero-order valence-corrected chi connectivity index (χ0v) is 19.7. The Morgan fingerprint density at radius 2 is 2.06 bits per heavy atom. The van der Waals surface area contributed by atoms with Crippen molar-refractivity contribution in [2.45, 2.75) is 65.6 Å². The van der Waals surface area contributed by atoms with Crippen LogP contribution in [0.1, 0.15) is 57.0 Å². The van der Waals surface area contributed by atoms with E-state index >= 15 is 0 Å². The van der Waals surface area contributed by atoms with E-state index in [1.807, 2.05) is 6.92 Å². The van der Waals surface area contributed by atoms with Crippen molar-refractivity contribution >= 4 is 33.9 Å². The first-order valence-corrected chi connectivity index (χ1v) is 11.2. The van der Waals surface area contributed by atoms with Gasteiger partial charge in [0.15, 0.2) is 0 Å². The van der Waals surface area contributed by atoms with Gasteiger partial charge in [0, 0.05) is 13.2 Å². The van der Waals surface area contributed by atoms with Crippen LogP contribution in [0, 0.1) is 12.8 Å². The monoisotopic (exact) mass is 450 g/mol. The summed E-state index contributed by atoms with van der Waals surface area (Å²) in [6.07, 6.45) is 2.59. The van der Waals surface area contributed by atoms with Crippen molar-refractivity contribution in [1.29, 1.82) is 0 Å². The fourth-order valence-electron chi connectivity index (χ4n) is 3.61. The number of ether oxygens (including phenoxy) is 2. The van der Waals surface area contributed by atoms with Gasteiger partial charge in [0.25, 0.3) is 5.56 Å². The third kappa shape index (κ3) is 4.90. The number of hydrogen-bond donors (Lipinski definition) is 1. The minimum absolute atomic E-state index is 0.0477. The van der Waals surface area contributed by atoms with Crippen LogP contribution in [0.15, 0.2) is 14.7 Å². The average molecular weight is 451 g/mol. The molecule has 3 rings (SSSR count). The van der Waals surface area contributed by atoms with Gasteiger partial charge in [-0.05, 0) is 45.6 Å². The topological polar surface area (TPSA) is 104 Å². The van der Waals surface area contributed by atoms with Gasteiger partial charge in [0.05, 0.1) is 29.6 Å². The summed E-state index contributed by atoms with van der Waals surface area (Å²) < 4.78 is 13.4. The summed E-state index contributed by atoms with van der Waals surface area (Å²) >= 11 is 1.29. The maximum atomic E-state index is 13.3. The van der Waals surface area contributed by atoms with E-state index in [-0.39, 0.29) is 17.3 Å². The highest BCUT2D eigenvalue weighted by molar-refractivity contribution is 7.20. The lowest BCUT2D eigenvalue weighted by atomic mass is 10.2. The number of methoxy groups -OCH3 is 1. The molecule has 2 aromatic rings. The molecule has 0 bridgehead atoms. The number of rotatable bonds is 7. The van der Waals surface area contributed by atoms with Gasteiger partial charge in [-0.2, -0.15) is 5.10 Å². The molecule has 170 valence electrons. The van der Waals surface area contributed by atoms with E-state index < -0.39 is 11.7 Å². The summed E-state index contributed by atoms with van der Waals surface area (Å²) in [5.74, 6) is 0.358. The Kier molecular flexibility index (Phi) is 6.70.